The fourth-order valence-electron chi connectivity index (χ4n) is 7.39. The van der Waals surface area contributed by atoms with Gasteiger partial charge in [-0.3, -0.25) is 19.1 Å². The molecule has 14 nitrogen and oxygen atoms in total. The Morgan fingerprint density at radius 1 is 1.06 bits per heavy atom. The van der Waals surface area contributed by atoms with Crippen molar-refractivity contribution in [3.63, 3.8) is 0 Å². The quantitative estimate of drug-likeness (QED) is 0.331. The lowest BCUT2D eigenvalue weighted by atomic mass is 9.85. The summed E-state index contributed by atoms with van der Waals surface area (Å²) in [5, 5.41) is 5.84. The molecule has 3 aromatic rings. The van der Waals surface area contributed by atoms with Crippen LogP contribution in [0.15, 0.2) is 54.6 Å². The van der Waals surface area contributed by atoms with Gasteiger partial charge in [0.1, 0.15) is 42.2 Å². The first-order valence-corrected chi connectivity index (χ1v) is 20.1. The number of benzene rings is 2. The minimum absolute atomic E-state index is 0.0301. The lowest BCUT2D eigenvalue weighted by Crippen LogP contribution is -2.60. The topological polar surface area (TPSA) is 182 Å². The molecule has 7 rings (SSSR count). The van der Waals surface area contributed by atoms with Crippen molar-refractivity contribution in [2.75, 3.05) is 13.2 Å². The third-order valence-corrected chi connectivity index (χ3v) is 12.5. The number of pyridine rings is 1. The number of cyclic esters (lactones) is 1. The van der Waals surface area contributed by atoms with Crippen molar-refractivity contribution < 1.29 is 41.8 Å². The highest BCUT2D eigenvalue weighted by Crippen LogP contribution is 2.47. The zero-order valence-electron chi connectivity index (χ0n) is 31.1. The van der Waals surface area contributed by atoms with Crippen LogP contribution in [0.4, 0.5) is 4.79 Å². The van der Waals surface area contributed by atoms with Crippen LogP contribution in [0.25, 0.3) is 22.0 Å². The van der Waals surface area contributed by atoms with Crippen molar-refractivity contribution in [1.82, 2.24) is 25.2 Å². The number of aromatic nitrogens is 1. The van der Waals surface area contributed by atoms with E-state index < -0.39 is 74.3 Å². The Labute approximate surface area is 314 Å². The summed E-state index contributed by atoms with van der Waals surface area (Å²) in [6.45, 7) is 8.84. The van der Waals surface area contributed by atoms with Gasteiger partial charge < -0.3 is 29.7 Å². The second-order valence-corrected chi connectivity index (χ2v) is 17.9. The second kappa shape index (κ2) is 14.1. The normalized spacial score (nSPS) is 27.4. The zero-order valence-corrected chi connectivity index (χ0v) is 31.9. The number of hydrogen-bond donors (Lipinski definition) is 3. The molecule has 4 aliphatic rings. The van der Waals surface area contributed by atoms with Gasteiger partial charge in [0.2, 0.25) is 27.7 Å². The van der Waals surface area contributed by atoms with Crippen molar-refractivity contribution in [1.29, 1.82) is 0 Å². The van der Waals surface area contributed by atoms with Crippen molar-refractivity contribution in [3.8, 4) is 22.8 Å². The van der Waals surface area contributed by atoms with E-state index in [4.69, 9.17) is 19.2 Å². The van der Waals surface area contributed by atoms with Gasteiger partial charge in [0.05, 0.1) is 17.3 Å². The fraction of sp³-hybridized carbons (Fsp3) is 0.513. The molecule has 2 aliphatic heterocycles. The van der Waals surface area contributed by atoms with Crippen LogP contribution < -0.4 is 24.8 Å². The van der Waals surface area contributed by atoms with Gasteiger partial charge in [-0.2, -0.15) is 0 Å². The Bertz CT molecular complexity index is 2100. The molecule has 15 heteroatoms. The minimum atomic E-state index is -3.87. The summed E-state index contributed by atoms with van der Waals surface area (Å²) >= 11 is 0. The number of carbonyl (C=O) groups excluding carboxylic acids is 4. The highest BCUT2D eigenvalue weighted by molar-refractivity contribution is 7.91. The largest absolute Gasteiger partial charge is 0.487 e. The number of ether oxygens (including phenoxy) is 3. The van der Waals surface area contributed by atoms with Gasteiger partial charge in [-0.05, 0) is 67.3 Å². The van der Waals surface area contributed by atoms with Crippen LogP contribution in [0.3, 0.4) is 0 Å². The fourth-order valence-corrected chi connectivity index (χ4v) is 8.76. The van der Waals surface area contributed by atoms with Gasteiger partial charge in [0.25, 0.3) is 5.91 Å². The first-order chi connectivity index (χ1) is 25.6. The summed E-state index contributed by atoms with van der Waals surface area (Å²) in [6, 6.07) is 14.7. The summed E-state index contributed by atoms with van der Waals surface area (Å²) in [5.74, 6) is -1.42. The molecule has 6 atom stereocenters. The molecule has 2 aromatic carbocycles. The smallest absolute Gasteiger partial charge is 0.407 e. The monoisotopic (exact) mass is 761 g/mol. The average Bonchev–Trinajstić information content (AvgIpc) is 4.05. The maximum absolute atomic E-state index is 14.6. The predicted molar refractivity (Wildman–Crippen MR) is 199 cm³/mol. The molecule has 4 amide bonds. The van der Waals surface area contributed by atoms with Gasteiger partial charge in [0, 0.05) is 17.4 Å². The number of nitrogens with zero attached hydrogens (tertiary/aromatic N) is 2. The SMILES string of the molecule is CC[C@@H]1CC1(NC(=O)[C@@H]1CC2CN1C(=O)[C@@H](C(C)(C)C)NC(=O)OC[C@H](C)Oc1cccc(c1)-c1cc3ccccc3nc1O2)C(=O)NS(=O)(=O)C1CC1. The van der Waals surface area contributed by atoms with Crippen molar-refractivity contribution >= 4 is 44.7 Å². The van der Waals surface area contributed by atoms with Crippen LogP contribution in [0, 0.1) is 11.3 Å². The maximum Gasteiger partial charge on any atom is 0.407 e. The molecular weight excluding hydrogens is 715 g/mol. The van der Waals surface area contributed by atoms with E-state index in [1.165, 1.54) is 4.90 Å². The van der Waals surface area contributed by atoms with E-state index in [2.05, 4.69) is 15.4 Å². The maximum atomic E-state index is 14.6. The van der Waals surface area contributed by atoms with Crippen LogP contribution >= 0.6 is 0 Å². The summed E-state index contributed by atoms with van der Waals surface area (Å²) in [7, 11) is -3.87. The molecule has 54 heavy (non-hydrogen) atoms. The Balaban J connectivity index is 1.26. The van der Waals surface area contributed by atoms with E-state index in [0.717, 1.165) is 10.9 Å². The standard InChI is InChI=1S/C39H47N5O9S/c1-6-25-19-39(25,36(47)43-54(49,50)28-14-15-28)42-33(45)31-18-27-20-44(31)35(46)32(38(3,4)5)41-37(48)51-21-22(2)52-26-12-9-11-23(16-26)29-17-24-10-7-8-13-30(24)40-34(29)53-27/h7-13,16-17,22,25,27-28,31-32H,6,14-15,18-21H2,1-5H3,(H,41,48)(H,42,45)(H,43,47)/t22-,25+,27?,31-,32-,39?/m0/s1. The van der Waals surface area contributed by atoms with E-state index in [-0.39, 0.29) is 31.9 Å². The van der Waals surface area contributed by atoms with Crippen molar-refractivity contribution in [2.45, 2.75) is 102 Å². The first kappa shape index (κ1) is 37.4. The number of rotatable bonds is 6. The first-order valence-electron chi connectivity index (χ1n) is 18.5. The average molecular weight is 762 g/mol. The van der Waals surface area contributed by atoms with Crippen LogP contribution in [0.5, 0.6) is 11.6 Å². The zero-order chi connectivity index (χ0) is 38.6. The molecule has 1 aromatic heterocycles. The lowest BCUT2D eigenvalue weighted by molar-refractivity contribution is -0.143. The number of carbonyl (C=O) groups is 4. The Hall–Kier alpha value is -4.92. The van der Waals surface area contributed by atoms with Gasteiger partial charge >= 0.3 is 6.09 Å². The third kappa shape index (κ3) is 7.55. The Kier molecular flexibility index (Phi) is 9.73. The molecule has 2 unspecified atom stereocenters. The van der Waals surface area contributed by atoms with Crippen LogP contribution in [-0.2, 0) is 29.1 Å². The van der Waals surface area contributed by atoms with Gasteiger partial charge in [-0.25, -0.2) is 18.2 Å². The van der Waals surface area contributed by atoms with E-state index >= 15 is 0 Å². The van der Waals surface area contributed by atoms with Gasteiger partial charge in [0.15, 0.2) is 0 Å². The highest BCUT2D eigenvalue weighted by Gasteiger charge is 2.62. The lowest BCUT2D eigenvalue weighted by Gasteiger charge is -2.35. The molecular formula is C39H47N5O9S. The predicted octanol–water partition coefficient (Wildman–Crippen LogP) is 4.07. The summed E-state index contributed by atoms with van der Waals surface area (Å²) in [5.41, 5.74) is -0.173. The molecule has 0 radical (unpaired) electrons. The molecule has 1 saturated heterocycles. The van der Waals surface area contributed by atoms with Crippen molar-refractivity contribution in [3.05, 3.63) is 54.6 Å². The van der Waals surface area contributed by atoms with E-state index in [1.807, 2.05) is 55.5 Å². The number of fused-ring (bicyclic) bond motifs is 7. The molecule has 4 bridgehead atoms. The summed E-state index contributed by atoms with van der Waals surface area (Å²) < 4.78 is 46.0. The number of hydrogen-bond acceptors (Lipinski definition) is 10. The van der Waals surface area contributed by atoms with Crippen LogP contribution in [0.2, 0.25) is 0 Å². The van der Waals surface area contributed by atoms with E-state index in [0.29, 0.717) is 42.0 Å². The van der Waals surface area contributed by atoms with Gasteiger partial charge in [-0.1, -0.05) is 64.4 Å². The van der Waals surface area contributed by atoms with Crippen LogP contribution in [0.1, 0.15) is 66.7 Å². The minimum Gasteiger partial charge on any atom is -0.487 e. The molecule has 3 fully saturated rings. The molecule has 288 valence electrons. The van der Waals surface area contributed by atoms with E-state index in [1.54, 1.807) is 33.8 Å². The molecule has 2 aliphatic carbocycles. The summed E-state index contributed by atoms with van der Waals surface area (Å²) in [4.78, 5) is 62.0. The molecule has 3 N–H and O–H groups in total. The molecule has 3 heterocycles. The molecule has 0 spiro atoms. The summed E-state index contributed by atoms with van der Waals surface area (Å²) in [6.07, 6.45) is -0.347. The molecule has 2 saturated carbocycles. The number of para-hydroxylation sites is 1. The Morgan fingerprint density at radius 2 is 1.81 bits per heavy atom. The number of sulfonamides is 1. The number of nitrogens with one attached hydrogen (secondary N) is 3. The van der Waals surface area contributed by atoms with Crippen LogP contribution in [-0.4, -0.2) is 90.3 Å². The second-order valence-electron chi connectivity index (χ2n) is 16.0. The highest BCUT2D eigenvalue weighted by atomic mass is 32.2. The Morgan fingerprint density at radius 3 is 2.52 bits per heavy atom. The number of amides is 4. The van der Waals surface area contributed by atoms with Crippen molar-refractivity contribution in [2.24, 2.45) is 11.3 Å². The third-order valence-electron chi connectivity index (χ3n) is 10.7. The van der Waals surface area contributed by atoms with Gasteiger partial charge in [-0.15, -0.1) is 0 Å². The van der Waals surface area contributed by atoms with E-state index in [9.17, 15) is 27.6 Å². The number of alkyl carbamates (subject to hydrolysis) is 1.